The minimum atomic E-state index is -1.24. The van der Waals surface area contributed by atoms with Crippen LogP contribution in [0.2, 0.25) is 0 Å². The molecule has 1 fully saturated rings. The summed E-state index contributed by atoms with van der Waals surface area (Å²) >= 11 is 3.70. The van der Waals surface area contributed by atoms with Crippen molar-refractivity contribution in [2.75, 3.05) is 31.5 Å². The van der Waals surface area contributed by atoms with Gasteiger partial charge < -0.3 is 25.7 Å². The second kappa shape index (κ2) is 10.5. The first-order valence-corrected chi connectivity index (χ1v) is 13.7. The molecule has 2 aliphatic rings. The molecular formula is C20H19N9O6S3. The van der Waals surface area contributed by atoms with Crippen molar-refractivity contribution in [2.45, 2.75) is 16.6 Å². The molecule has 3 aromatic heterocycles. The summed E-state index contributed by atoms with van der Waals surface area (Å²) in [7, 11) is 2.76. The molecule has 0 saturated carbocycles. The van der Waals surface area contributed by atoms with Gasteiger partial charge in [0.05, 0.1) is 7.11 Å². The maximum atomic E-state index is 13.0. The lowest BCUT2D eigenvalue weighted by Gasteiger charge is -2.49. The average Bonchev–Trinajstić information content (AvgIpc) is 3.53. The van der Waals surface area contributed by atoms with E-state index < -0.39 is 29.2 Å². The predicted molar refractivity (Wildman–Crippen MR) is 138 cm³/mol. The Morgan fingerprint density at radius 3 is 2.84 bits per heavy atom. The molecule has 0 unspecified atom stereocenters. The van der Waals surface area contributed by atoms with E-state index in [-0.39, 0.29) is 28.0 Å². The number of hydrogen-bond acceptors (Lipinski definition) is 14. The minimum Gasteiger partial charge on any atom is -0.480 e. The fraction of sp³-hybridized carbons (Fsp3) is 0.300. The summed E-state index contributed by atoms with van der Waals surface area (Å²) in [4.78, 5) is 48.1. The number of ether oxygens (including phenoxy) is 1. The number of fused-ring (bicyclic) bond motifs is 2. The largest absolute Gasteiger partial charge is 0.480 e. The number of nitrogens with two attached hydrogens (primary N) is 1. The minimum absolute atomic E-state index is 0.117. The van der Waals surface area contributed by atoms with Crippen molar-refractivity contribution in [3.8, 4) is 5.88 Å². The van der Waals surface area contributed by atoms with E-state index in [1.165, 1.54) is 52.5 Å². The fourth-order valence-corrected chi connectivity index (χ4v) is 6.72. The van der Waals surface area contributed by atoms with E-state index in [2.05, 4.69) is 30.8 Å². The molecule has 2 aliphatic heterocycles. The van der Waals surface area contributed by atoms with Crippen molar-refractivity contribution in [2.24, 2.45) is 5.16 Å². The monoisotopic (exact) mass is 577 g/mol. The highest BCUT2D eigenvalue weighted by Gasteiger charge is 2.54. The normalized spacial score (nSPS) is 19.3. The van der Waals surface area contributed by atoms with Crippen LogP contribution in [0.1, 0.15) is 5.69 Å². The first kappa shape index (κ1) is 25.7. The Hall–Kier alpha value is -3.90. The number of carboxylic acid groups (broad SMARTS) is 1. The van der Waals surface area contributed by atoms with Crippen molar-refractivity contribution in [3.05, 3.63) is 34.5 Å². The van der Waals surface area contributed by atoms with Crippen LogP contribution in [-0.4, -0.2) is 95.4 Å². The number of aromatic nitrogens is 5. The number of hydrogen-bond donors (Lipinski definition) is 3. The number of oxime groups is 1. The second-order valence-corrected chi connectivity index (χ2v) is 10.7. The number of nitrogen functional groups attached to an aromatic ring is 1. The molecule has 4 N–H and O–H groups in total. The zero-order valence-electron chi connectivity index (χ0n) is 19.7. The first-order chi connectivity index (χ1) is 18.3. The van der Waals surface area contributed by atoms with Crippen LogP contribution in [-0.2, 0) is 19.2 Å². The molecule has 38 heavy (non-hydrogen) atoms. The van der Waals surface area contributed by atoms with E-state index in [9.17, 15) is 19.5 Å². The van der Waals surface area contributed by atoms with E-state index in [1.807, 2.05) is 0 Å². The lowest BCUT2D eigenvalue weighted by Crippen LogP contribution is -2.71. The number of aliphatic carboxylic acids is 1. The predicted octanol–water partition coefficient (Wildman–Crippen LogP) is 0.0530. The number of thioether (sulfide) groups is 2. The topological polar surface area (TPSA) is 200 Å². The summed E-state index contributed by atoms with van der Waals surface area (Å²) in [5, 5.41) is 30.3. The highest BCUT2D eigenvalue weighted by molar-refractivity contribution is 8.01. The molecule has 2 atom stereocenters. The van der Waals surface area contributed by atoms with Crippen LogP contribution >= 0.6 is 34.9 Å². The Balaban J connectivity index is 1.32. The van der Waals surface area contributed by atoms with Crippen LogP contribution in [0, 0.1) is 0 Å². The number of rotatable bonds is 9. The number of nitrogens with zero attached hydrogens (tertiary/aromatic N) is 7. The molecule has 0 aliphatic carbocycles. The van der Waals surface area contributed by atoms with E-state index >= 15 is 0 Å². The van der Waals surface area contributed by atoms with Gasteiger partial charge in [-0.3, -0.25) is 14.5 Å². The highest BCUT2D eigenvalue weighted by atomic mass is 32.2. The molecule has 5 heterocycles. The molecule has 198 valence electrons. The summed E-state index contributed by atoms with van der Waals surface area (Å²) in [5.41, 5.74) is 6.62. The van der Waals surface area contributed by atoms with Crippen LogP contribution < -0.4 is 15.8 Å². The van der Waals surface area contributed by atoms with Crippen molar-refractivity contribution < 1.29 is 29.1 Å². The molecule has 1 saturated heterocycles. The van der Waals surface area contributed by atoms with Gasteiger partial charge in [-0.2, -0.15) is 4.52 Å². The molecule has 0 radical (unpaired) electrons. The van der Waals surface area contributed by atoms with Gasteiger partial charge in [-0.1, -0.05) is 16.9 Å². The molecule has 15 nitrogen and oxygen atoms in total. The Kier molecular flexibility index (Phi) is 7.09. The third kappa shape index (κ3) is 4.61. The molecular weight excluding hydrogens is 558 g/mol. The highest BCUT2D eigenvalue weighted by Crippen LogP contribution is 2.41. The van der Waals surface area contributed by atoms with Gasteiger partial charge in [0.2, 0.25) is 11.0 Å². The second-order valence-electron chi connectivity index (χ2n) is 7.73. The van der Waals surface area contributed by atoms with E-state index in [0.29, 0.717) is 28.0 Å². The number of β-lactam (4-membered cyclic amide) rings is 1. The molecule has 0 spiro atoms. The molecule has 5 rings (SSSR count). The number of carboxylic acids is 1. The maximum Gasteiger partial charge on any atom is 0.352 e. The lowest BCUT2D eigenvalue weighted by molar-refractivity contribution is -0.150. The van der Waals surface area contributed by atoms with Gasteiger partial charge in [0, 0.05) is 23.0 Å². The lowest BCUT2D eigenvalue weighted by atomic mass is 10.0. The zero-order chi connectivity index (χ0) is 27.0. The zero-order valence-corrected chi connectivity index (χ0v) is 22.2. The Morgan fingerprint density at radius 1 is 1.34 bits per heavy atom. The summed E-state index contributed by atoms with van der Waals surface area (Å²) in [6.45, 7) is 0. The third-order valence-corrected chi connectivity index (χ3v) is 8.51. The maximum absolute atomic E-state index is 13.0. The van der Waals surface area contributed by atoms with Gasteiger partial charge in [0.1, 0.15) is 29.9 Å². The number of amides is 2. The molecule has 18 heteroatoms. The smallest absolute Gasteiger partial charge is 0.352 e. The summed E-state index contributed by atoms with van der Waals surface area (Å²) < 4.78 is 6.64. The molecule has 2 amide bonds. The summed E-state index contributed by atoms with van der Waals surface area (Å²) in [6, 6.07) is 2.40. The third-order valence-electron chi connectivity index (χ3n) is 5.49. The van der Waals surface area contributed by atoms with E-state index in [4.69, 9.17) is 15.3 Å². The molecule has 0 bridgehead atoms. The molecule has 3 aromatic rings. The van der Waals surface area contributed by atoms with Crippen LogP contribution in [0.5, 0.6) is 5.88 Å². The first-order valence-electron chi connectivity index (χ1n) is 10.7. The van der Waals surface area contributed by atoms with Gasteiger partial charge in [-0.15, -0.1) is 38.4 Å². The van der Waals surface area contributed by atoms with Gasteiger partial charge in [0.15, 0.2) is 16.5 Å². The summed E-state index contributed by atoms with van der Waals surface area (Å²) in [6.07, 6.45) is 0. The Labute approximate surface area is 226 Å². The number of nitrogens with one attached hydrogen (secondary N) is 1. The van der Waals surface area contributed by atoms with Crippen molar-refractivity contribution in [1.82, 2.24) is 35.0 Å². The van der Waals surface area contributed by atoms with E-state index in [1.54, 1.807) is 12.1 Å². The number of carbonyl (C=O) groups excluding carboxylic acids is 2. The average molecular weight is 578 g/mol. The molecule has 0 aromatic carbocycles. The van der Waals surface area contributed by atoms with Gasteiger partial charge in [-0.05, 0) is 11.6 Å². The number of thiazole rings is 1. The van der Waals surface area contributed by atoms with E-state index in [0.717, 1.165) is 11.3 Å². The Morgan fingerprint density at radius 2 is 2.16 bits per heavy atom. The quantitative estimate of drug-likeness (QED) is 0.133. The SMILES string of the molecule is CO/N=C(\C(=O)N[C@@H]1C(=O)N2C(C(=O)O)=C(CSc3nnc4ccc(OC)nn34)CS[C@H]12)c1csc(N)n1. The van der Waals surface area contributed by atoms with Crippen LogP contribution in [0.3, 0.4) is 0 Å². The fourth-order valence-electron chi connectivity index (χ4n) is 3.80. The van der Waals surface area contributed by atoms with Crippen molar-refractivity contribution in [3.63, 3.8) is 0 Å². The Bertz CT molecular complexity index is 1500. The van der Waals surface area contributed by atoms with Gasteiger partial charge in [-0.25, -0.2) is 9.78 Å². The number of methoxy groups -OCH3 is 1. The number of carbonyl (C=O) groups is 3. The van der Waals surface area contributed by atoms with Gasteiger partial charge >= 0.3 is 5.97 Å². The number of anilines is 1. The van der Waals surface area contributed by atoms with Gasteiger partial charge in [0.25, 0.3) is 11.8 Å². The van der Waals surface area contributed by atoms with Crippen molar-refractivity contribution >= 4 is 69.1 Å². The van der Waals surface area contributed by atoms with Crippen LogP contribution in [0.4, 0.5) is 5.13 Å². The van der Waals surface area contributed by atoms with Crippen LogP contribution in [0.15, 0.2) is 39.1 Å². The standard InChI is InChI=1S/C20H19N9O6S3/c1-34-11-4-3-10-24-25-20(29(10)26-11)38-6-8-5-36-17-13(16(31)28(17)14(8)18(32)33)23-15(30)12(27-35-2)9-7-37-19(21)22-9/h3-4,7,13,17H,5-6H2,1-2H3,(H2,21,22)(H,23,30)(H,32,33)/b27-12-/t13-,17-/m1/s1. The summed E-state index contributed by atoms with van der Waals surface area (Å²) in [5.74, 6) is -1.56. The van der Waals surface area contributed by atoms with Crippen LogP contribution in [0.25, 0.3) is 5.65 Å². The van der Waals surface area contributed by atoms with Crippen molar-refractivity contribution in [1.29, 1.82) is 0 Å².